The second-order valence-corrected chi connectivity index (χ2v) is 12.2. The van der Waals surface area contributed by atoms with E-state index in [0.717, 1.165) is 25.1 Å². The fourth-order valence-electron chi connectivity index (χ4n) is 5.99. The van der Waals surface area contributed by atoms with Crippen molar-refractivity contribution in [3.63, 3.8) is 0 Å². The van der Waals surface area contributed by atoms with E-state index in [2.05, 4.69) is 21.7 Å². The standard InChI is InChI=1S/C26H35ClFN5O3/c1-14-20-17-8-10-26(5,33(17)24(34)36-25(2,3)4)13-32(20)22-18-16(12-15(29-22)9-11-31(6)7)19(28)21(27)30-23(18)35-14/h12,14,17,20H,8-11,13H2,1-7H3/t14-,17-,20+,26+/m0/s1. The van der Waals surface area contributed by atoms with Crippen molar-refractivity contribution < 1.29 is 18.7 Å². The Kier molecular flexibility index (Phi) is 6.03. The summed E-state index contributed by atoms with van der Waals surface area (Å²) < 4.78 is 27.5. The fourth-order valence-corrected chi connectivity index (χ4v) is 6.17. The molecule has 36 heavy (non-hydrogen) atoms. The molecule has 2 aromatic heterocycles. The molecule has 2 fully saturated rings. The number of ether oxygens (including phenoxy) is 2. The van der Waals surface area contributed by atoms with E-state index in [1.54, 1.807) is 6.07 Å². The number of hydrogen-bond donors (Lipinski definition) is 0. The maximum absolute atomic E-state index is 15.3. The number of piperazine rings is 1. The molecule has 0 saturated carbocycles. The summed E-state index contributed by atoms with van der Waals surface area (Å²) in [6.07, 6.45) is 1.64. The number of carbonyl (C=O) groups is 1. The number of halogens is 2. The Morgan fingerprint density at radius 3 is 2.75 bits per heavy atom. The molecule has 3 aliphatic heterocycles. The number of fused-ring (bicyclic) bond motifs is 5. The van der Waals surface area contributed by atoms with E-state index in [1.807, 2.05) is 46.7 Å². The summed E-state index contributed by atoms with van der Waals surface area (Å²) in [5.41, 5.74) is -0.281. The zero-order valence-corrected chi connectivity index (χ0v) is 22.8. The van der Waals surface area contributed by atoms with Crippen molar-refractivity contribution >= 4 is 34.3 Å². The van der Waals surface area contributed by atoms with Crippen LogP contribution in [0, 0.1) is 5.82 Å². The van der Waals surface area contributed by atoms with E-state index in [0.29, 0.717) is 29.6 Å². The minimum atomic E-state index is -0.599. The lowest BCUT2D eigenvalue weighted by Gasteiger charge is -2.52. The topological polar surface area (TPSA) is 71.0 Å². The van der Waals surface area contributed by atoms with Gasteiger partial charge in [0.25, 0.3) is 0 Å². The van der Waals surface area contributed by atoms with Crippen LogP contribution in [0.5, 0.6) is 5.88 Å². The number of pyridine rings is 2. The fraction of sp³-hybridized carbons (Fsp3) is 0.654. The average molecular weight is 520 g/mol. The molecule has 0 N–H and O–H groups in total. The zero-order chi connectivity index (χ0) is 26.2. The van der Waals surface area contributed by atoms with Crippen molar-refractivity contribution in [1.29, 1.82) is 0 Å². The summed E-state index contributed by atoms with van der Waals surface area (Å²) in [7, 11) is 3.99. The number of amides is 1. The molecule has 1 amide bonds. The zero-order valence-electron chi connectivity index (χ0n) is 22.1. The third-order valence-electron chi connectivity index (χ3n) is 7.50. The van der Waals surface area contributed by atoms with Crippen LogP contribution in [0.1, 0.15) is 53.2 Å². The van der Waals surface area contributed by atoms with Crippen LogP contribution < -0.4 is 9.64 Å². The Bertz CT molecular complexity index is 1220. The van der Waals surface area contributed by atoms with Crippen LogP contribution in [-0.2, 0) is 11.2 Å². The lowest BCUT2D eigenvalue weighted by Crippen LogP contribution is -2.69. The molecule has 8 nitrogen and oxygen atoms in total. The maximum atomic E-state index is 15.3. The monoisotopic (exact) mass is 519 g/mol. The highest BCUT2D eigenvalue weighted by Crippen LogP contribution is 2.49. The van der Waals surface area contributed by atoms with Crippen molar-refractivity contribution in [2.24, 2.45) is 0 Å². The van der Waals surface area contributed by atoms with Crippen LogP contribution in [0.15, 0.2) is 6.07 Å². The molecule has 5 rings (SSSR count). The second-order valence-electron chi connectivity index (χ2n) is 11.8. The van der Waals surface area contributed by atoms with Gasteiger partial charge in [-0.05, 0) is 67.6 Å². The lowest BCUT2D eigenvalue weighted by atomic mass is 9.93. The molecular formula is C26H35ClFN5O3. The van der Waals surface area contributed by atoms with Crippen molar-refractivity contribution in [3.8, 4) is 5.88 Å². The quantitative estimate of drug-likeness (QED) is 0.546. The van der Waals surface area contributed by atoms with Gasteiger partial charge >= 0.3 is 6.09 Å². The van der Waals surface area contributed by atoms with E-state index < -0.39 is 17.0 Å². The maximum Gasteiger partial charge on any atom is 0.411 e. The van der Waals surface area contributed by atoms with Crippen molar-refractivity contribution in [2.75, 3.05) is 32.1 Å². The minimum absolute atomic E-state index is 0.148. The molecule has 4 atom stereocenters. The van der Waals surface area contributed by atoms with Gasteiger partial charge in [-0.25, -0.2) is 14.2 Å². The number of hydrogen-bond acceptors (Lipinski definition) is 7. The van der Waals surface area contributed by atoms with Gasteiger partial charge in [0.05, 0.1) is 23.0 Å². The average Bonchev–Trinajstić information content (AvgIpc) is 2.95. The SMILES string of the molecule is C[C@@H]1Oc2nc(Cl)c(F)c3cc(CCN(C)C)nc(c23)N2C[C@@]3(C)CC[C@@H]([C@@H]12)N3C(=O)OC(C)(C)C. The number of anilines is 1. The first-order valence-electron chi connectivity index (χ1n) is 12.6. The Labute approximate surface area is 216 Å². The van der Waals surface area contributed by atoms with Gasteiger partial charge in [-0.15, -0.1) is 0 Å². The number of rotatable bonds is 3. The van der Waals surface area contributed by atoms with Gasteiger partial charge in [0.1, 0.15) is 17.5 Å². The largest absolute Gasteiger partial charge is 0.472 e. The lowest BCUT2D eigenvalue weighted by molar-refractivity contribution is -0.0165. The van der Waals surface area contributed by atoms with E-state index in [-0.39, 0.29) is 35.3 Å². The van der Waals surface area contributed by atoms with Crippen LogP contribution in [0.4, 0.5) is 15.0 Å². The van der Waals surface area contributed by atoms with Gasteiger partial charge in [0.15, 0.2) is 11.0 Å². The smallest absolute Gasteiger partial charge is 0.411 e. The van der Waals surface area contributed by atoms with E-state index in [9.17, 15) is 4.79 Å². The number of carbonyl (C=O) groups excluding carboxylic acids is 1. The van der Waals surface area contributed by atoms with Crippen molar-refractivity contribution in [3.05, 3.63) is 22.7 Å². The van der Waals surface area contributed by atoms with Gasteiger partial charge in [-0.2, -0.15) is 4.98 Å². The summed E-state index contributed by atoms with van der Waals surface area (Å²) in [5.74, 6) is 0.363. The van der Waals surface area contributed by atoms with Crippen LogP contribution in [0.3, 0.4) is 0 Å². The predicted molar refractivity (Wildman–Crippen MR) is 137 cm³/mol. The number of likely N-dealkylation sites (N-methyl/N-ethyl adjacent to an activating group) is 1. The first-order chi connectivity index (χ1) is 16.8. The van der Waals surface area contributed by atoms with Crippen LogP contribution >= 0.6 is 11.6 Å². The minimum Gasteiger partial charge on any atom is -0.472 e. The van der Waals surface area contributed by atoms with Gasteiger partial charge in [-0.1, -0.05) is 11.6 Å². The molecule has 0 aliphatic carbocycles. The van der Waals surface area contributed by atoms with E-state index in [4.69, 9.17) is 26.1 Å². The summed E-state index contributed by atoms with van der Waals surface area (Å²) in [6, 6.07) is 1.41. The van der Waals surface area contributed by atoms with Crippen molar-refractivity contribution in [1.82, 2.24) is 19.8 Å². The van der Waals surface area contributed by atoms with Crippen molar-refractivity contribution in [2.45, 2.75) is 83.2 Å². The molecule has 2 bridgehead atoms. The molecule has 10 heteroatoms. The molecule has 0 radical (unpaired) electrons. The first-order valence-corrected chi connectivity index (χ1v) is 13.0. The van der Waals surface area contributed by atoms with Gasteiger partial charge in [0.2, 0.25) is 5.88 Å². The third kappa shape index (κ3) is 4.14. The first kappa shape index (κ1) is 25.3. The molecule has 2 saturated heterocycles. The Morgan fingerprint density at radius 2 is 2.08 bits per heavy atom. The number of nitrogens with zero attached hydrogens (tertiary/aromatic N) is 5. The van der Waals surface area contributed by atoms with Crippen LogP contribution in [-0.4, -0.2) is 82.4 Å². The highest BCUT2D eigenvalue weighted by molar-refractivity contribution is 6.30. The van der Waals surface area contributed by atoms with Gasteiger partial charge in [-0.3, -0.25) is 4.90 Å². The van der Waals surface area contributed by atoms with Gasteiger partial charge in [0, 0.05) is 30.6 Å². The summed E-state index contributed by atoms with van der Waals surface area (Å²) >= 11 is 6.22. The molecule has 5 heterocycles. The normalized spacial score (nSPS) is 27.2. The second kappa shape index (κ2) is 8.58. The van der Waals surface area contributed by atoms with Crippen LogP contribution in [0.2, 0.25) is 5.15 Å². The Hall–Kier alpha value is -2.39. The third-order valence-corrected chi connectivity index (χ3v) is 7.75. The number of aromatic nitrogens is 2. The molecule has 2 aromatic rings. The highest BCUT2D eigenvalue weighted by atomic mass is 35.5. The van der Waals surface area contributed by atoms with E-state index >= 15 is 4.39 Å². The highest BCUT2D eigenvalue weighted by Gasteiger charge is 2.58. The molecule has 3 aliphatic rings. The summed E-state index contributed by atoms with van der Waals surface area (Å²) in [6.45, 7) is 11.0. The van der Waals surface area contributed by atoms with Crippen LogP contribution in [0.25, 0.3) is 10.8 Å². The Balaban J connectivity index is 1.65. The molecule has 0 aromatic carbocycles. The molecule has 0 unspecified atom stereocenters. The predicted octanol–water partition coefficient (Wildman–Crippen LogP) is 4.65. The molecular weight excluding hydrogens is 485 g/mol. The van der Waals surface area contributed by atoms with E-state index in [1.165, 1.54) is 0 Å². The summed E-state index contributed by atoms with van der Waals surface area (Å²) in [5, 5.41) is 0.682. The molecule has 196 valence electrons. The molecule has 0 spiro atoms. The summed E-state index contributed by atoms with van der Waals surface area (Å²) in [4.78, 5) is 28.9. The Morgan fingerprint density at radius 1 is 1.36 bits per heavy atom. The van der Waals surface area contributed by atoms with Gasteiger partial charge < -0.3 is 19.3 Å².